The van der Waals surface area contributed by atoms with E-state index in [-0.39, 0.29) is 16.5 Å². The highest BCUT2D eigenvalue weighted by Gasteiger charge is 2.51. The SMILES string of the molecule is C=N/C(=C(C)\C(C)=C/Cc1ccc(CC)cc1)c1c(F)c(C)c(C(C)=NCC)c(NC2(CCN)CCC2C(C)(C)C)c1Cl. The molecule has 1 aliphatic carbocycles. The van der Waals surface area contributed by atoms with Gasteiger partial charge in [-0.15, -0.1) is 0 Å². The quantitative estimate of drug-likeness (QED) is 0.186. The molecular weight excluding hydrogens is 555 g/mol. The summed E-state index contributed by atoms with van der Waals surface area (Å²) in [5.41, 5.74) is 13.8. The Morgan fingerprint density at radius 2 is 1.77 bits per heavy atom. The number of aliphatic imine (C=N–C) groups is 2. The molecule has 3 rings (SSSR count). The molecular formula is C37H52ClFN4. The lowest BCUT2D eigenvalue weighted by Crippen LogP contribution is -2.59. The van der Waals surface area contributed by atoms with Gasteiger partial charge in [0.25, 0.3) is 0 Å². The lowest BCUT2D eigenvalue weighted by molar-refractivity contribution is 0.0376. The van der Waals surface area contributed by atoms with E-state index in [0.29, 0.717) is 46.5 Å². The van der Waals surface area contributed by atoms with E-state index in [2.05, 4.69) is 80.1 Å². The number of nitrogens with zero attached hydrogens (tertiary/aromatic N) is 2. The first-order valence-corrected chi connectivity index (χ1v) is 16.1. The zero-order valence-electron chi connectivity index (χ0n) is 27.8. The Hall–Kier alpha value is -2.76. The van der Waals surface area contributed by atoms with Crippen LogP contribution in [0.2, 0.25) is 5.02 Å². The van der Waals surface area contributed by atoms with Gasteiger partial charge >= 0.3 is 0 Å². The maximum absolute atomic E-state index is 16.5. The molecule has 43 heavy (non-hydrogen) atoms. The molecule has 0 aromatic heterocycles. The van der Waals surface area contributed by atoms with Crippen molar-refractivity contribution >= 4 is 35.4 Å². The topological polar surface area (TPSA) is 62.8 Å². The van der Waals surface area contributed by atoms with Gasteiger partial charge in [0.05, 0.1) is 22.0 Å². The van der Waals surface area contributed by atoms with Gasteiger partial charge < -0.3 is 11.1 Å². The molecule has 0 heterocycles. The van der Waals surface area contributed by atoms with Crippen molar-refractivity contribution in [3.05, 3.63) is 80.1 Å². The van der Waals surface area contributed by atoms with Crippen molar-refractivity contribution in [3.63, 3.8) is 0 Å². The van der Waals surface area contributed by atoms with Gasteiger partial charge in [-0.25, -0.2) is 4.39 Å². The molecule has 0 saturated heterocycles. The second kappa shape index (κ2) is 14.3. The molecule has 0 amide bonds. The molecule has 2 unspecified atom stereocenters. The number of hydrogen-bond donors (Lipinski definition) is 2. The Balaban J connectivity index is 2.22. The first-order chi connectivity index (χ1) is 20.3. The van der Waals surface area contributed by atoms with E-state index in [0.717, 1.165) is 49.0 Å². The van der Waals surface area contributed by atoms with Crippen LogP contribution in [-0.2, 0) is 12.8 Å². The zero-order valence-corrected chi connectivity index (χ0v) is 28.6. The average molecular weight is 607 g/mol. The molecule has 4 nitrogen and oxygen atoms in total. The van der Waals surface area contributed by atoms with Crippen molar-refractivity contribution < 1.29 is 4.39 Å². The van der Waals surface area contributed by atoms with Crippen LogP contribution in [0.5, 0.6) is 0 Å². The van der Waals surface area contributed by atoms with Gasteiger partial charge in [-0.05, 0) is 119 Å². The number of rotatable bonds is 12. The number of allylic oxidation sites excluding steroid dienone is 3. The predicted molar refractivity (Wildman–Crippen MR) is 187 cm³/mol. The lowest BCUT2D eigenvalue weighted by atomic mass is 9.55. The number of nitrogens with one attached hydrogen (secondary N) is 1. The number of halogens is 2. The van der Waals surface area contributed by atoms with Crippen LogP contribution < -0.4 is 11.1 Å². The van der Waals surface area contributed by atoms with Crippen molar-refractivity contribution in [1.29, 1.82) is 0 Å². The third-order valence-electron chi connectivity index (χ3n) is 9.34. The summed E-state index contributed by atoms with van der Waals surface area (Å²) in [4.78, 5) is 9.06. The molecule has 0 aliphatic heterocycles. The minimum atomic E-state index is -0.394. The second-order valence-electron chi connectivity index (χ2n) is 13.1. The fraction of sp³-hybridized carbons (Fsp3) is 0.514. The van der Waals surface area contributed by atoms with Gasteiger partial charge in [0.1, 0.15) is 5.82 Å². The molecule has 0 spiro atoms. The van der Waals surface area contributed by atoms with Gasteiger partial charge in [-0.1, -0.05) is 69.6 Å². The molecule has 2 atom stereocenters. The molecule has 0 radical (unpaired) electrons. The third-order valence-corrected chi connectivity index (χ3v) is 9.72. The van der Waals surface area contributed by atoms with Gasteiger partial charge in [-0.2, -0.15) is 0 Å². The highest BCUT2D eigenvalue weighted by atomic mass is 35.5. The maximum Gasteiger partial charge on any atom is 0.137 e. The summed E-state index contributed by atoms with van der Waals surface area (Å²) in [7, 11) is 0. The fourth-order valence-electron chi connectivity index (χ4n) is 6.73. The number of nitrogens with two attached hydrogens (primary N) is 1. The molecule has 1 saturated carbocycles. The normalized spacial score (nSPS) is 20.0. The Labute approximate surface area is 264 Å². The van der Waals surface area contributed by atoms with Crippen molar-refractivity contribution in [2.24, 2.45) is 27.1 Å². The lowest BCUT2D eigenvalue weighted by Gasteiger charge is -2.56. The summed E-state index contributed by atoms with van der Waals surface area (Å²) in [5, 5.41) is 4.19. The third kappa shape index (κ3) is 7.32. The maximum atomic E-state index is 16.5. The Bertz CT molecular complexity index is 1410. The van der Waals surface area contributed by atoms with Gasteiger partial charge in [0, 0.05) is 23.4 Å². The second-order valence-corrected chi connectivity index (χ2v) is 13.5. The van der Waals surface area contributed by atoms with E-state index >= 15 is 4.39 Å². The number of aryl methyl sites for hydroxylation is 1. The summed E-state index contributed by atoms with van der Waals surface area (Å²) in [6.07, 6.45) is 6.80. The summed E-state index contributed by atoms with van der Waals surface area (Å²) >= 11 is 7.28. The number of anilines is 1. The smallest absolute Gasteiger partial charge is 0.137 e. The molecule has 0 bridgehead atoms. The average Bonchev–Trinajstić information content (AvgIpc) is 2.94. The van der Waals surface area contributed by atoms with Crippen molar-refractivity contribution in [1.82, 2.24) is 0 Å². The van der Waals surface area contributed by atoms with Crippen LogP contribution in [0, 0.1) is 24.1 Å². The molecule has 2 aromatic rings. The van der Waals surface area contributed by atoms with Crippen LogP contribution >= 0.6 is 11.6 Å². The molecule has 3 N–H and O–H groups in total. The first-order valence-electron chi connectivity index (χ1n) is 15.7. The van der Waals surface area contributed by atoms with Gasteiger partial charge in [0.15, 0.2) is 0 Å². The summed E-state index contributed by atoms with van der Waals surface area (Å²) in [5.74, 6) is -0.00898. The Morgan fingerprint density at radius 1 is 1.14 bits per heavy atom. The van der Waals surface area contributed by atoms with Crippen LogP contribution in [0.4, 0.5) is 10.1 Å². The zero-order chi connectivity index (χ0) is 32.1. The molecule has 6 heteroatoms. The van der Waals surface area contributed by atoms with E-state index < -0.39 is 5.82 Å². The van der Waals surface area contributed by atoms with Crippen LogP contribution in [0.15, 0.2) is 51.5 Å². The fourth-order valence-corrected chi connectivity index (χ4v) is 7.05. The number of benzene rings is 2. The van der Waals surface area contributed by atoms with Crippen LogP contribution in [-0.4, -0.2) is 31.1 Å². The van der Waals surface area contributed by atoms with Gasteiger partial charge in [0.2, 0.25) is 0 Å². The highest BCUT2D eigenvalue weighted by Crippen LogP contribution is 2.54. The standard InChI is InChI=1S/C37H52ClFN4/c1-11-27-15-17-28(18-16-27)14-13-23(3)24(4)34(41-10)31-32(38)35(30(25(5)33(31)39)26(6)42-12-2)43-37(21-22-40)20-19-29(37)36(7,8)9/h13,15-18,29,43H,10-12,14,19-22,40H2,1-9H3/b23-13-,34-24-,42-26?. The largest absolute Gasteiger partial charge is 0.377 e. The summed E-state index contributed by atoms with van der Waals surface area (Å²) < 4.78 is 16.5. The van der Waals surface area contributed by atoms with Crippen molar-refractivity contribution in [3.8, 4) is 0 Å². The predicted octanol–water partition coefficient (Wildman–Crippen LogP) is 9.76. The summed E-state index contributed by atoms with van der Waals surface area (Å²) in [6, 6.07) is 8.65. The molecule has 1 aliphatic rings. The van der Waals surface area contributed by atoms with E-state index in [1.54, 1.807) is 6.92 Å². The molecule has 1 fully saturated rings. The van der Waals surface area contributed by atoms with E-state index in [1.165, 1.54) is 11.1 Å². The highest BCUT2D eigenvalue weighted by molar-refractivity contribution is 6.36. The van der Waals surface area contributed by atoms with E-state index in [9.17, 15) is 0 Å². The van der Waals surface area contributed by atoms with E-state index in [4.69, 9.17) is 17.3 Å². The monoisotopic (exact) mass is 606 g/mol. The Morgan fingerprint density at radius 3 is 2.26 bits per heavy atom. The minimum Gasteiger partial charge on any atom is -0.377 e. The summed E-state index contributed by atoms with van der Waals surface area (Å²) in [6.45, 7) is 23.7. The number of hydrogen-bond acceptors (Lipinski definition) is 4. The van der Waals surface area contributed by atoms with Crippen molar-refractivity contribution in [2.45, 2.75) is 100.0 Å². The molecule has 2 aromatic carbocycles. The molecule has 234 valence electrons. The first kappa shape index (κ1) is 34.7. The van der Waals surface area contributed by atoms with Crippen LogP contribution in [0.3, 0.4) is 0 Å². The van der Waals surface area contributed by atoms with E-state index in [1.807, 2.05) is 27.7 Å². The minimum absolute atomic E-state index is 0.0700. The Kier molecular flexibility index (Phi) is 11.6. The van der Waals surface area contributed by atoms with Crippen molar-refractivity contribution in [2.75, 3.05) is 18.4 Å². The van der Waals surface area contributed by atoms with Crippen LogP contribution in [0.1, 0.15) is 102 Å². The van der Waals surface area contributed by atoms with Crippen LogP contribution in [0.25, 0.3) is 5.70 Å². The van der Waals surface area contributed by atoms with Gasteiger partial charge in [-0.3, -0.25) is 9.98 Å².